The van der Waals surface area contributed by atoms with Crippen LogP contribution in [0.1, 0.15) is 15.9 Å². The van der Waals surface area contributed by atoms with Gasteiger partial charge in [-0.15, -0.1) is 0 Å². The van der Waals surface area contributed by atoms with Crippen LogP contribution >= 0.6 is 0 Å². The molecular formula is C13H14N4O. The average Bonchev–Trinajstić information content (AvgIpc) is 2.76. The Bertz CT molecular complexity index is 603. The van der Waals surface area contributed by atoms with Crippen molar-refractivity contribution in [2.75, 3.05) is 11.9 Å². The predicted molar refractivity (Wildman–Crippen MR) is 69.0 cm³/mol. The van der Waals surface area contributed by atoms with Gasteiger partial charge in [-0.3, -0.25) is 9.48 Å². The number of benzene rings is 1. The predicted octanol–water partition coefficient (Wildman–Crippen LogP) is 1.45. The van der Waals surface area contributed by atoms with E-state index in [0.717, 1.165) is 35.5 Å². The van der Waals surface area contributed by atoms with Gasteiger partial charge in [0, 0.05) is 31.0 Å². The van der Waals surface area contributed by atoms with Gasteiger partial charge in [-0.05, 0) is 24.1 Å². The summed E-state index contributed by atoms with van der Waals surface area (Å²) in [6.07, 6.45) is 4.54. The Kier molecular flexibility index (Phi) is 2.51. The molecule has 0 spiro atoms. The standard InChI is InChI=1S/C13H14N4O/c1-17-8-11(7-15-17)16-10-3-2-9-4-5-14-13(18)12(9)6-10/h2-3,6-8,16H,4-5H2,1H3,(H,14,18). The largest absolute Gasteiger partial charge is 0.353 e. The molecule has 0 fully saturated rings. The van der Waals surface area contributed by atoms with E-state index in [9.17, 15) is 4.79 Å². The van der Waals surface area contributed by atoms with Crippen molar-refractivity contribution < 1.29 is 4.79 Å². The molecule has 0 saturated carbocycles. The van der Waals surface area contributed by atoms with Gasteiger partial charge in [0.2, 0.25) is 0 Å². The zero-order valence-corrected chi connectivity index (χ0v) is 10.1. The van der Waals surface area contributed by atoms with Crippen LogP contribution < -0.4 is 10.6 Å². The SMILES string of the molecule is Cn1cc(Nc2ccc3c(c2)C(=O)NCC3)cn1. The van der Waals surface area contributed by atoms with Crippen LogP contribution in [0.15, 0.2) is 30.6 Å². The minimum atomic E-state index is 0.00564. The second-order valence-electron chi connectivity index (χ2n) is 4.41. The Balaban J connectivity index is 1.90. The molecule has 0 radical (unpaired) electrons. The van der Waals surface area contributed by atoms with Crippen LogP contribution in [-0.2, 0) is 13.5 Å². The molecule has 5 heteroatoms. The summed E-state index contributed by atoms with van der Waals surface area (Å²) in [5, 5.41) is 10.2. The van der Waals surface area contributed by atoms with Crippen LogP contribution in [0.5, 0.6) is 0 Å². The van der Waals surface area contributed by atoms with Crippen molar-refractivity contribution in [3.8, 4) is 0 Å². The third-order valence-electron chi connectivity index (χ3n) is 3.03. The van der Waals surface area contributed by atoms with Crippen molar-refractivity contribution in [2.45, 2.75) is 6.42 Å². The Morgan fingerprint density at radius 2 is 2.28 bits per heavy atom. The summed E-state index contributed by atoms with van der Waals surface area (Å²) in [4.78, 5) is 11.7. The first-order valence-corrected chi connectivity index (χ1v) is 5.89. The van der Waals surface area contributed by atoms with E-state index in [1.807, 2.05) is 31.4 Å². The number of aromatic nitrogens is 2. The summed E-state index contributed by atoms with van der Waals surface area (Å²) in [5.74, 6) is 0.00564. The van der Waals surface area contributed by atoms with E-state index in [1.54, 1.807) is 10.9 Å². The number of carbonyl (C=O) groups excluding carboxylic acids is 1. The first-order chi connectivity index (χ1) is 8.72. The van der Waals surface area contributed by atoms with E-state index in [2.05, 4.69) is 15.7 Å². The number of nitrogens with one attached hydrogen (secondary N) is 2. The molecule has 1 aliphatic rings. The fourth-order valence-corrected chi connectivity index (χ4v) is 2.14. The number of carbonyl (C=O) groups is 1. The van der Waals surface area contributed by atoms with Crippen molar-refractivity contribution >= 4 is 17.3 Å². The van der Waals surface area contributed by atoms with Gasteiger partial charge in [0.15, 0.2) is 0 Å². The second-order valence-corrected chi connectivity index (χ2v) is 4.41. The maximum atomic E-state index is 11.7. The van der Waals surface area contributed by atoms with E-state index in [4.69, 9.17) is 0 Å². The molecule has 18 heavy (non-hydrogen) atoms. The van der Waals surface area contributed by atoms with Gasteiger partial charge in [0.1, 0.15) is 0 Å². The van der Waals surface area contributed by atoms with Crippen molar-refractivity contribution in [2.24, 2.45) is 7.05 Å². The van der Waals surface area contributed by atoms with Crippen LogP contribution in [0.3, 0.4) is 0 Å². The lowest BCUT2D eigenvalue weighted by molar-refractivity contribution is 0.0946. The summed E-state index contributed by atoms with van der Waals surface area (Å²) >= 11 is 0. The third kappa shape index (κ3) is 1.95. The molecule has 5 nitrogen and oxygen atoms in total. The number of amides is 1. The van der Waals surface area contributed by atoms with Crippen molar-refractivity contribution in [1.29, 1.82) is 0 Å². The summed E-state index contributed by atoms with van der Waals surface area (Å²) in [5.41, 5.74) is 3.68. The van der Waals surface area contributed by atoms with Gasteiger partial charge in [-0.2, -0.15) is 5.10 Å². The Hall–Kier alpha value is -2.30. The Labute approximate surface area is 105 Å². The smallest absolute Gasteiger partial charge is 0.251 e. The maximum Gasteiger partial charge on any atom is 0.251 e. The quantitative estimate of drug-likeness (QED) is 0.838. The van der Waals surface area contributed by atoms with E-state index in [-0.39, 0.29) is 5.91 Å². The second kappa shape index (κ2) is 4.18. The fourth-order valence-electron chi connectivity index (χ4n) is 2.14. The maximum absolute atomic E-state index is 11.7. The molecule has 1 aromatic carbocycles. The van der Waals surface area contributed by atoms with Gasteiger partial charge in [-0.25, -0.2) is 0 Å². The zero-order chi connectivity index (χ0) is 12.5. The molecule has 0 saturated heterocycles. The molecule has 92 valence electrons. The molecule has 1 aliphatic heterocycles. The van der Waals surface area contributed by atoms with Crippen LogP contribution in [0.25, 0.3) is 0 Å². The molecule has 2 N–H and O–H groups in total. The van der Waals surface area contributed by atoms with Crippen LogP contribution in [0.4, 0.5) is 11.4 Å². The van der Waals surface area contributed by atoms with Crippen LogP contribution in [0, 0.1) is 0 Å². The number of hydrogen-bond acceptors (Lipinski definition) is 3. The van der Waals surface area contributed by atoms with Gasteiger partial charge < -0.3 is 10.6 Å². The summed E-state index contributed by atoms with van der Waals surface area (Å²) in [7, 11) is 1.87. The normalized spacial score (nSPS) is 13.9. The van der Waals surface area contributed by atoms with E-state index >= 15 is 0 Å². The summed E-state index contributed by atoms with van der Waals surface area (Å²) < 4.78 is 1.73. The summed E-state index contributed by atoms with van der Waals surface area (Å²) in [6.45, 7) is 0.723. The van der Waals surface area contributed by atoms with E-state index < -0.39 is 0 Å². The van der Waals surface area contributed by atoms with Crippen molar-refractivity contribution in [3.05, 3.63) is 41.7 Å². The van der Waals surface area contributed by atoms with Gasteiger partial charge in [0.05, 0.1) is 11.9 Å². The van der Waals surface area contributed by atoms with Crippen molar-refractivity contribution in [1.82, 2.24) is 15.1 Å². The fraction of sp³-hybridized carbons (Fsp3) is 0.231. The van der Waals surface area contributed by atoms with Crippen molar-refractivity contribution in [3.63, 3.8) is 0 Å². The minimum absolute atomic E-state index is 0.00564. The van der Waals surface area contributed by atoms with Crippen LogP contribution in [0.2, 0.25) is 0 Å². The highest BCUT2D eigenvalue weighted by molar-refractivity contribution is 5.97. The first-order valence-electron chi connectivity index (χ1n) is 5.89. The number of anilines is 2. The monoisotopic (exact) mass is 242 g/mol. The van der Waals surface area contributed by atoms with Gasteiger partial charge in [-0.1, -0.05) is 6.07 Å². The summed E-state index contributed by atoms with van der Waals surface area (Å²) in [6, 6.07) is 5.88. The van der Waals surface area contributed by atoms with E-state index in [0.29, 0.717) is 0 Å². The zero-order valence-electron chi connectivity index (χ0n) is 10.1. The van der Waals surface area contributed by atoms with Crippen LogP contribution in [-0.4, -0.2) is 22.2 Å². The highest BCUT2D eigenvalue weighted by atomic mass is 16.1. The topological polar surface area (TPSA) is 59.0 Å². The number of hydrogen-bond donors (Lipinski definition) is 2. The Morgan fingerprint density at radius 1 is 1.39 bits per heavy atom. The lowest BCUT2D eigenvalue weighted by atomic mass is 10.00. The Morgan fingerprint density at radius 3 is 3.06 bits per heavy atom. The lowest BCUT2D eigenvalue weighted by Gasteiger charge is -2.17. The van der Waals surface area contributed by atoms with Gasteiger partial charge >= 0.3 is 0 Å². The molecule has 2 aromatic rings. The average molecular weight is 242 g/mol. The minimum Gasteiger partial charge on any atom is -0.353 e. The van der Waals surface area contributed by atoms with Gasteiger partial charge in [0.25, 0.3) is 5.91 Å². The number of rotatable bonds is 2. The first kappa shape index (κ1) is 10.8. The highest BCUT2D eigenvalue weighted by Crippen LogP contribution is 2.21. The molecule has 1 aromatic heterocycles. The number of fused-ring (bicyclic) bond motifs is 1. The molecule has 3 rings (SSSR count). The molecule has 0 aliphatic carbocycles. The third-order valence-corrected chi connectivity index (χ3v) is 3.03. The number of nitrogens with zero attached hydrogens (tertiary/aromatic N) is 2. The molecule has 0 bridgehead atoms. The number of aryl methyl sites for hydroxylation is 1. The lowest BCUT2D eigenvalue weighted by Crippen LogP contribution is -2.31. The molecule has 0 unspecified atom stereocenters. The molecule has 1 amide bonds. The van der Waals surface area contributed by atoms with E-state index in [1.165, 1.54) is 0 Å². The molecular weight excluding hydrogens is 228 g/mol. The molecule has 0 atom stereocenters. The highest BCUT2D eigenvalue weighted by Gasteiger charge is 2.16. The molecule has 2 heterocycles.